The second-order valence-corrected chi connectivity index (χ2v) is 5.73. The highest BCUT2D eigenvalue weighted by Crippen LogP contribution is 2.48. The summed E-state index contributed by atoms with van der Waals surface area (Å²) < 4.78 is 5.39. The van der Waals surface area contributed by atoms with E-state index in [1.165, 1.54) is 19.3 Å². The lowest BCUT2D eigenvalue weighted by Crippen LogP contribution is -2.27. The Hall–Kier alpha value is -1.51. The average molecular weight is 259 g/mol. The summed E-state index contributed by atoms with van der Waals surface area (Å²) >= 11 is 0. The van der Waals surface area contributed by atoms with Crippen molar-refractivity contribution >= 4 is 11.6 Å². The molecule has 0 heterocycles. The number of fused-ring (bicyclic) bond motifs is 2. The first-order chi connectivity index (χ1) is 9.26. The molecule has 19 heavy (non-hydrogen) atoms. The monoisotopic (exact) mass is 259 g/mol. The largest absolute Gasteiger partial charge is 0.494 e. The van der Waals surface area contributed by atoms with Crippen molar-refractivity contribution in [3.63, 3.8) is 0 Å². The van der Waals surface area contributed by atoms with Gasteiger partial charge in [0, 0.05) is 11.6 Å². The van der Waals surface area contributed by atoms with Gasteiger partial charge in [-0.05, 0) is 62.3 Å². The molecule has 0 spiro atoms. The van der Waals surface area contributed by atoms with Gasteiger partial charge in [0.2, 0.25) is 5.91 Å². The Labute approximate surface area is 114 Å². The molecule has 3 heteroatoms. The predicted octanol–water partition coefficient (Wildman–Crippen LogP) is 3.46. The van der Waals surface area contributed by atoms with E-state index >= 15 is 0 Å². The highest BCUT2D eigenvalue weighted by molar-refractivity contribution is 5.93. The molecule has 0 unspecified atom stereocenters. The summed E-state index contributed by atoms with van der Waals surface area (Å²) in [4.78, 5) is 12.3. The molecule has 1 aromatic carbocycles. The molecule has 2 aliphatic rings. The fourth-order valence-corrected chi connectivity index (χ4v) is 3.60. The van der Waals surface area contributed by atoms with Gasteiger partial charge in [0.25, 0.3) is 0 Å². The number of hydrogen-bond donors (Lipinski definition) is 1. The van der Waals surface area contributed by atoms with E-state index in [0.29, 0.717) is 12.5 Å². The van der Waals surface area contributed by atoms with E-state index < -0.39 is 0 Å². The van der Waals surface area contributed by atoms with Gasteiger partial charge >= 0.3 is 0 Å². The third-order valence-corrected chi connectivity index (χ3v) is 4.51. The van der Waals surface area contributed by atoms with Crippen LogP contribution in [0.25, 0.3) is 0 Å². The minimum Gasteiger partial charge on any atom is -0.494 e. The lowest BCUT2D eigenvalue weighted by molar-refractivity contribution is -0.121. The Balaban J connectivity index is 1.60. The maximum absolute atomic E-state index is 12.3. The van der Waals surface area contributed by atoms with Crippen LogP contribution >= 0.6 is 0 Å². The number of carbonyl (C=O) groups is 1. The molecule has 3 nitrogen and oxygen atoms in total. The van der Waals surface area contributed by atoms with Crippen molar-refractivity contribution in [2.24, 2.45) is 17.8 Å². The third kappa shape index (κ3) is 2.60. The van der Waals surface area contributed by atoms with Crippen molar-refractivity contribution in [2.75, 3.05) is 11.9 Å². The van der Waals surface area contributed by atoms with E-state index in [9.17, 15) is 4.79 Å². The second kappa shape index (κ2) is 5.24. The first-order valence-electron chi connectivity index (χ1n) is 7.30. The van der Waals surface area contributed by atoms with Crippen molar-refractivity contribution < 1.29 is 9.53 Å². The molecule has 2 bridgehead atoms. The summed E-state index contributed by atoms with van der Waals surface area (Å²) in [6, 6.07) is 7.63. The maximum atomic E-state index is 12.3. The van der Waals surface area contributed by atoms with Crippen LogP contribution in [0.3, 0.4) is 0 Å². The number of benzene rings is 1. The quantitative estimate of drug-likeness (QED) is 0.899. The zero-order valence-electron chi connectivity index (χ0n) is 11.4. The molecule has 0 radical (unpaired) electrons. The number of carbonyl (C=O) groups excluding carboxylic acids is 1. The van der Waals surface area contributed by atoms with Gasteiger partial charge < -0.3 is 10.1 Å². The summed E-state index contributed by atoms with van der Waals surface area (Å²) in [7, 11) is 0. The van der Waals surface area contributed by atoms with Crippen LogP contribution < -0.4 is 10.1 Å². The number of anilines is 1. The smallest absolute Gasteiger partial charge is 0.227 e. The summed E-state index contributed by atoms with van der Waals surface area (Å²) in [5, 5.41) is 3.04. The van der Waals surface area contributed by atoms with Crippen molar-refractivity contribution in [3.05, 3.63) is 24.3 Å². The van der Waals surface area contributed by atoms with Gasteiger partial charge in [-0.2, -0.15) is 0 Å². The van der Waals surface area contributed by atoms with Crippen LogP contribution in [0.1, 0.15) is 32.6 Å². The molecule has 0 aromatic heterocycles. The van der Waals surface area contributed by atoms with E-state index in [1.807, 2.05) is 31.2 Å². The zero-order valence-corrected chi connectivity index (χ0v) is 11.4. The summed E-state index contributed by atoms with van der Waals surface area (Å²) in [6.07, 6.45) is 4.93. The zero-order chi connectivity index (χ0) is 13.2. The van der Waals surface area contributed by atoms with Crippen LogP contribution in [0.4, 0.5) is 5.69 Å². The van der Waals surface area contributed by atoms with Crippen LogP contribution in [-0.4, -0.2) is 12.5 Å². The van der Waals surface area contributed by atoms with Crippen LogP contribution in [0, 0.1) is 17.8 Å². The molecule has 0 aliphatic heterocycles. The van der Waals surface area contributed by atoms with Crippen LogP contribution in [0.15, 0.2) is 24.3 Å². The fraction of sp³-hybridized carbons (Fsp3) is 0.562. The highest BCUT2D eigenvalue weighted by Gasteiger charge is 2.42. The maximum Gasteiger partial charge on any atom is 0.227 e. The summed E-state index contributed by atoms with van der Waals surface area (Å²) in [5.74, 6) is 2.73. The molecule has 0 saturated heterocycles. The standard InChI is InChI=1S/C16H21NO2/c1-2-19-14-7-5-13(6-8-14)17-16(18)15-10-11-3-4-12(15)9-11/h5-8,11-12,15H,2-4,9-10H2,1H3,(H,17,18)/t11-,12+,15+/m1/s1. The Morgan fingerprint density at radius 3 is 2.63 bits per heavy atom. The Kier molecular flexibility index (Phi) is 3.45. The molecule has 2 aliphatic carbocycles. The first kappa shape index (κ1) is 12.5. The van der Waals surface area contributed by atoms with E-state index in [1.54, 1.807) is 0 Å². The molecule has 2 saturated carbocycles. The minimum atomic E-state index is 0.205. The molecular formula is C16H21NO2. The van der Waals surface area contributed by atoms with Crippen LogP contribution in [0.2, 0.25) is 0 Å². The van der Waals surface area contributed by atoms with Crippen LogP contribution in [0.5, 0.6) is 5.75 Å². The number of amides is 1. The van der Waals surface area contributed by atoms with Crippen LogP contribution in [-0.2, 0) is 4.79 Å². The third-order valence-electron chi connectivity index (χ3n) is 4.51. The van der Waals surface area contributed by atoms with E-state index in [4.69, 9.17) is 4.74 Å². The van der Waals surface area contributed by atoms with Gasteiger partial charge in [0.1, 0.15) is 5.75 Å². The van der Waals surface area contributed by atoms with E-state index in [-0.39, 0.29) is 11.8 Å². The first-order valence-corrected chi connectivity index (χ1v) is 7.30. The fourth-order valence-electron chi connectivity index (χ4n) is 3.60. The summed E-state index contributed by atoms with van der Waals surface area (Å²) in [6.45, 7) is 2.63. The highest BCUT2D eigenvalue weighted by atomic mass is 16.5. The molecular weight excluding hydrogens is 238 g/mol. The van der Waals surface area contributed by atoms with Gasteiger partial charge in [-0.3, -0.25) is 4.79 Å². The molecule has 1 aromatic rings. The average Bonchev–Trinajstić information content (AvgIpc) is 3.04. The molecule has 3 atom stereocenters. The normalized spacial score (nSPS) is 28.4. The van der Waals surface area contributed by atoms with Crippen molar-refractivity contribution in [3.8, 4) is 5.75 Å². The van der Waals surface area contributed by atoms with Crippen molar-refractivity contribution in [2.45, 2.75) is 32.6 Å². The number of hydrogen-bond acceptors (Lipinski definition) is 2. The lowest BCUT2D eigenvalue weighted by Gasteiger charge is -2.20. The van der Waals surface area contributed by atoms with Crippen molar-refractivity contribution in [1.82, 2.24) is 0 Å². The molecule has 3 rings (SSSR count). The van der Waals surface area contributed by atoms with E-state index in [2.05, 4.69) is 5.32 Å². The Morgan fingerprint density at radius 2 is 2.05 bits per heavy atom. The van der Waals surface area contributed by atoms with Gasteiger partial charge in [0.05, 0.1) is 6.61 Å². The van der Waals surface area contributed by atoms with Gasteiger partial charge in [-0.25, -0.2) is 0 Å². The Bertz CT molecular complexity index is 454. The predicted molar refractivity (Wildman–Crippen MR) is 75.2 cm³/mol. The minimum absolute atomic E-state index is 0.205. The van der Waals surface area contributed by atoms with Crippen molar-refractivity contribution in [1.29, 1.82) is 0 Å². The van der Waals surface area contributed by atoms with Gasteiger partial charge in [-0.1, -0.05) is 6.42 Å². The molecule has 1 amide bonds. The molecule has 2 fully saturated rings. The topological polar surface area (TPSA) is 38.3 Å². The number of ether oxygens (including phenoxy) is 1. The number of rotatable bonds is 4. The SMILES string of the molecule is CCOc1ccc(NC(=O)[C@H]2C[C@@H]3CC[C@H]2C3)cc1. The molecule has 102 valence electrons. The summed E-state index contributed by atoms with van der Waals surface area (Å²) in [5.41, 5.74) is 0.872. The second-order valence-electron chi connectivity index (χ2n) is 5.73. The number of nitrogens with one attached hydrogen (secondary N) is 1. The molecule has 1 N–H and O–H groups in total. The Morgan fingerprint density at radius 1 is 1.26 bits per heavy atom. The van der Waals surface area contributed by atoms with Gasteiger partial charge in [0.15, 0.2) is 0 Å². The van der Waals surface area contributed by atoms with E-state index in [0.717, 1.165) is 23.8 Å². The van der Waals surface area contributed by atoms with Gasteiger partial charge in [-0.15, -0.1) is 0 Å². The lowest BCUT2D eigenvalue weighted by atomic mass is 9.88.